The molecule has 0 spiro atoms. The quantitative estimate of drug-likeness (QED) is 0.274. The van der Waals surface area contributed by atoms with E-state index < -0.39 is 17.2 Å². The lowest BCUT2D eigenvalue weighted by atomic mass is 9.80. The smallest absolute Gasteiger partial charge is 0.323 e. The molecule has 5 aromatic rings. The Balaban J connectivity index is 1.35. The number of H-pyrrole nitrogens is 1. The van der Waals surface area contributed by atoms with E-state index in [1.165, 1.54) is 6.07 Å². The largest absolute Gasteiger partial charge is 0.418 e. The Hall–Kier alpha value is -3.98. The molecule has 0 bridgehead atoms. The van der Waals surface area contributed by atoms with Crippen molar-refractivity contribution in [3.05, 3.63) is 72.4 Å². The molecule has 3 aromatic carbocycles. The molecule has 0 radical (unpaired) electrons. The van der Waals surface area contributed by atoms with E-state index in [-0.39, 0.29) is 17.2 Å². The number of hydrogen-bond acceptors (Lipinski definition) is 4. The van der Waals surface area contributed by atoms with Crippen molar-refractivity contribution < 1.29 is 18.0 Å². The highest BCUT2D eigenvalue weighted by Crippen LogP contribution is 2.43. The molecular weight excluding hydrogens is 503 g/mol. The van der Waals surface area contributed by atoms with E-state index in [4.69, 9.17) is 0 Å². The Bertz CT molecular complexity index is 1710. The molecule has 9 heteroatoms. The van der Waals surface area contributed by atoms with Crippen LogP contribution in [-0.2, 0) is 17.5 Å². The van der Waals surface area contributed by atoms with Crippen LogP contribution in [0.4, 0.5) is 13.2 Å². The van der Waals surface area contributed by atoms with Crippen molar-refractivity contribution >= 4 is 27.7 Å². The zero-order chi connectivity index (χ0) is 26.8. The number of alkyl halides is 3. The topological polar surface area (TPSA) is 75.6 Å². The van der Waals surface area contributed by atoms with E-state index in [1.807, 2.05) is 47.0 Å². The predicted octanol–water partition coefficient (Wildman–Crippen LogP) is 6.22. The lowest BCUT2D eigenvalue weighted by molar-refractivity contribution is -0.136. The number of imidazole rings is 1. The van der Waals surface area contributed by atoms with Gasteiger partial charge in [0.05, 0.1) is 28.2 Å². The maximum absolute atomic E-state index is 14.0. The van der Waals surface area contributed by atoms with E-state index in [0.29, 0.717) is 43.0 Å². The van der Waals surface area contributed by atoms with Crippen molar-refractivity contribution in [1.82, 2.24) is 25.1 Å². The number of carbonyl (C=O) groups excluding carboxylic acids is 1. The number of ketones is 1. The van der Waals surface area contributed by atoms with E-state index in [2.05, 4.69) is 20.5 Å². The lowest BCUT2D eigenvalue weighted by Gasteiger charge is -2.28. The van der Waals surface area contributed by atoms with Crippen LogP contribution in [0, 0.1) is 11.3 Å². The monoisotopic (exact) mass is 529 g/mol. The van der Waals surface area contributed by atoms with Gasteiger partial charge in [-0.05, 0) is 61.2 Å². The van der Waals surface area contributed by atoms with E-state index in [1.54, 1.807) is 12.3 Å². The molecule has 2 fully saturated rings. The minimum Gasteiger partial charge on any atom is -0.323 e. The Morgan fingerprint density at radius 2 is 1.79 bits per heavy atom. The summed E-state index contributed by atoms with van der Waals surface area (Å²) in [5.74, 6) is 0.714. The summed E-state index contributed by atoms with van der Waals surface area (Å²) in [4.78, 5) is 18.1. The van der Waals surface area contributed by atoms with E-state index >= 15 is 0 Å². The highest BCUT2D eigenvalue weighted by Gasteiger charge is 2.48. The van der Waals surface area contributed by atoms with Gasteiger partial charge in [0.15, 0.2) is 0 Å². The SMILES string of the molecule is O=C(C1CC1)[C@@]1(Cn2c(-c3ccc(-c4ccc5[nH]ncc5c4)cc3)nc3c(C(F)(F)F)cccc32)CCNC1. The van der Waals surface area contributed by atoms with E-state index in [0.717, 1.165) is 40.9 Å². The van der Waals surface area contributed by atoms with Gasteiger partial charge in [-0.15, -0.1) is 0 Å². The molecule has 2 N–H and O–H groups in total. The summed E-state index contributed by atoms with van der Waals surface area (Å²) in [7, 11) is 0. The Morgan fingerprint density at radius 1 is 1.03 bits per heavy atom. The third kappa shape index (κ3) is 4.12. The van der Waals surface area contributed by atoms with Crippen LogP contribution >= 0.6 is 0 Å². The molecule has 1 aliphatic heterocycles. The first-order valence-corrected chi connectivity index (χ1v) is 13.2. The number of hydrogen-bond donors (Lipinski definition) is 2. The van der Waals surface area contributed by atoms with Crippen LogP contribution in [0.2, 0.25) is 0 Å². The molecule has 1 saturated heterocycles. The van der Waals surface area contributed by atoms with Crippen LogP contribution in [0.25, 0.3) is 44.5 Å². The number of Topliss-reactive ketones (excluding diaryl/α,β-unsaturated/α-hetero) is 1. The Morgan fingerprint density at radius 3 is 2.51 bits per heavy atom. The number of nitrogens with one attached hydrogen (secondary N) is 2. The van der Waals surface area contributed by atoms with Crippen LogP contribution in [-0.4, -0.2) is 38.6 Å². The molecule has 7 rings (SSSR count). The number of aromatic amines is 1. The number of nitrogens with zero attached hydrogens (tertiary/aromatic N) is 3. The van der Waals surface area contributed by atoms with Crippen molar-refractivity contribution in [2.75, 3.05) is 13.1 Å². The van der Waals surface area contributed by atoms with Crippen molar-refractivity contribution in [2.45, 2.75) is 32.0 Å². The van der Waals surface area contributed by atoms with Gasteiger partial charge in [0.2, 0.25) is 0 Å². The second-order valence-corrected chi connectivity index (χ2v) is 10.8. The average Bonchev–Trinajstić information content (AvgIpc) is 3.31. The van der Waals surface area contributed by atoms with Gasteiger partial charge in [-0.2, -0.15) is 18.3 Å². The summed E-state index contributed by atoms with van der Waals surface area (Å²) in [5.41, 5.74) is 2.51. The molecule has 0 amide bonds. The zero-order valence-electron chi connectivity index (χ0n) is 21.1. The minimum absolute atomic E-state index is 0.0562. The van der Waals surface area contributed by atoms with Crippen molar-refractivity contribution in [2.24, 2.45) is 11.3 Å². The van der Waals surface area contributed by atoms with E-state index in [9.17, 15) is 18.0 Å². The van der Waals surface area contributed by atoms with Crippen LogP contribution in [0.3, 0.4) is 0 Å². The molecule has 2 aliphatic rings. The van der Waals surface area contributed by atoms with Gasteiger partial charge in [-0.25, -0.2) is 4.98 Å². The van der Waals surface area contributed by atoms with Gasteiger partial charge >= 0.3 is 6.18 Å². The highest BCUT2D eigenvalue weighted by atomic mass is 19.4. The van der Waals surface area contributed by atoms with Gasteiger partial charge in [-0.3, -0.25) is 9.89 Å². The maximum Gasteiger partial charge on any atom is 0.418 e. The van der Waals surface area contributed by atoms with Gasteiger partial charge in [0.25, 0.3) is 0 Å². The first-order chi connectivity index (χ1) is 18.8. The number of benzene rings is 3. The molecule has 3 heterocycles. The average molecular weight is 530 g/mol. The standard InChI is InChI=1S/C30H26F3N5O/c31-30(32,33)23-2-1-3-25-26(23)36-28(38(25)17-29(12-13-34-16-29)27(39)19-6-7-19)20-8-4-18(5-9-20)21-10-11-24-22(14-21)15-35-37-24/h1-5,8-11,14-15,19,34H,6-7,12-13,16-17H2,(H,35,37)/t29-/m0/s1. The van der Waals surface area contributed by atoms with Crippen molar-refractivity contribution in [3.8, 4) is 22.5 Å². The molecule has 1 atom stereocenters. The molecule has 1 aliphatic carbocycles. The maximum atomic E-state index is 14.0. The second-order valence-electron chi connectivity index (χ2n) is 10.8. The Labute approximate surface area is 222 Å². The molecule has 39 heavy (non-hydrogen) atoms. The van der Waals surface area contributed by atoms with Gasteiger partial charge in [0.1, 0.15) is 17.1 Å². The minimum atomic E-state index is -4.54. The van der Waals surface area contributed by atoms with Gasteiger partial charge in [0, 0.05) is 30.0 Å². The number of carbonyl (C=O) groups is 1. The summed E-state index contributed by atoms with van der Waals surface area (Å²) >= 11 is 0. The molecule has 198 valence electrons. The number of para-hydroxylation sites is 1. The molecular formula is C30H26F3N5O. The number of halogens is 3. The Kier molecular flexibility index (Phi) is 5.42. The van der Waals surface area contributed by atoms with Crippen LogP contribution < -0.4 is 5.32 Å². The fourth-order valence-electron chi connectivity index (χ4n) is 5.94. The molecule has 2 aromatic heterocycles. The number of fused-ring (bicyclic) bond motifs is 2. The molecule has 6 nitrogen and oxygen atoms in total. The highest BCUT2D eigenvalue weighted by molar-refractivity contribution is 5.90. The molecule has 1 saturated carbocycles. The molecule has 0 unspecified atom stereocenters. The summed E-state index contributed by atoms with van der Waals surface area (Å²) in [6.45, 7) is 1.53. The summed E-state index contributed by atoms with van der Waals surface area (Å²) < 4.78 is 43.8. The van der Waals surface area contributed by atoms with Gasteiger partial charge in [-0.1, -0.05) is 36.4 Å². The second kappa shape index (κ2) is 8.77. The first-order valence-electron chi connectivity index (χ1n) is 13.2. The third-order valence-electron chi connectivity index (χ3n) is 8.18. The van der Waals surface area contributed by atoms with Crippen molar-refractivity contribution in [3.63, 3.8) is 0 Å². The number of rotatable bonds is 6. The third-order valence-corrected chi connectivity index (χ3v) is 8.18. The van der Waals surface area contributed by atoms with Gasteiger partial charge < -0.3 is 9.88 Å². The van der Waals surface area contributed by atoms with Crippen LogP contribution in [0.15, 0.2) is 66.9 Å². The lowest BCUT2D eigenvalue weighted by Crippen LogP contribution is -2.39. The summed E-state index contributed by atoms with van der Waals surface area (Å²) in [6, 6.07) is 17.9. The summed E-state index contributed by atoms with van der Waals surface area (Å²) in [5, 5.41) is 11.3. The predicted molar refractivity (Wildman–Crippen MR) is 143 cm³/mol. The van der Waals surface area contributed by atoms with Crippen LogP contribution in [0.5, 0.6) is 0 Å². The first kappa shape index (κ1) is 24.1. The fourth-order valence-corrected chi connectivity index (χ4v) is 5.94. The normalized spacial score (nSPS) is 19.8. The van der Waals surface area contributed by atoms with Crippen LogP contribution in [0.1, 0.15) is 24.8 Å². The van der Waals surface area contributed by atoms with Crippen molar-refractivity contribution in [1.29, 1.82) is 0 Å². The summed E-state index contributed by atoms with van der Waals surface area (Å²) in [6.07, 6.45) is -0.326. The number of aromatic nitrogens is 4. The zero-order valence-corrected chi connectivity index (χ0v) is 21.1. The fraction of sp³-hybridized carbons (Fsp3) is 0.300.